The van der Waals surface area contributed by atoms with Gasteiger partial charge in [-0.3, -0.25) is 0 Å². The zero-order valence-corrected chi connectivity index (χ0v) is 10.8. The second kappa shape index (κ2) is 5.09. The van der Waals surface area contributed by atoms with Crippen molar-refractivity contribution in [3.05, 3.63) is 67.1 Å². The van der Waals surface area contributed by atoms with Gasteiger partial charge < -0.3 is 4.57 Å². The van der Waals surface area contributed by atoms with E-state index in [-0.39, 0.29) is 0 Å². The summed E-state index contributed by atoms with van der Waals surface area (Å²) in [4.78, 5) is 0. The fourth-order valence-corrected chi connectivity index (χ4v) is 2.57. The third-order valence-corrected chi connectivity index (χ3v) is 3.36. The SMILES string of the molecule is C=CCc1c(C=C)c2c(n1C(=C)C=C)C=CCC2. The van der Waals surface area contributed by atoms with Gasteiger partial charge >= 0.3 is 0 Å². The number of fused-ring (bicyclic) bond motifs is 1. The monoisotopic (exact) mass is 237 g/mol. The molecule has 0 spiro atoms. The van der Waals surface area contributed by atoms with E-state index in [1.54, 1.807) is 6.08 Å². The van der Waals surface area contributed by atoms with Gasteiger partial charge in [0.05, 0.1) is 0 Å². The molecule has 0 amide bonds. The summed E-state index contributed by atoms with van der Waals surface area (Å²) in [6, 6.07) is 0. The molecule has 1 heteroatoms. The van der Waals surface area contributed by atoms with Gasteiger partial charge in [-0.15, -0.1) is 6.58 Å². The molecule has 2 rings (SSSR count). The maximum atomic E-state index is 4.08. The van der Waals surface area contributed by atoms with Crippen molar-refractivity contribution in [1.82, 2.24) is 4.57 Å². The Morgan fingerprint density at radius 2 is 2.11 bits per heavy atom. The molecule has 0 aromatic carbocycles. The van der Waals surface area contributed by atoms with Crippen LogP contribution in [0.15, 0.2) is 44.5 Å². The molecule has 1 aliphatic carbocycles. The molecule has 0 bridgehead atoms. The maximum absolute atomic E-state index is 4.08. The Morgan fingerprint density at radius 1 is 1.33 bits per heavy atom. The summed E-state index contributed by atoms with van der Waals surface area (Å²) in [5, 5.41) is 0. The minimum atomic E-state index is 0.815. The van der Waals surface area contributed by atoms with Crippen LogP contribution in [0.2, 0.25) is 0 Å². The van der Waals surface area contributed by atoms with E-state index in [4.69, 9.17) is 0 Å². The lowest BCUT2D eigenvalue weighted by molar-refractivity contribution is 0.953. The third-order valence-electron chi connectivity index (χ3n) is 3.36. The molecule has 1 aromatic rings. The quantitative estimate of drug-likeness (QED) is 0.526. The van der Waals surface area contributed by atoms with Gasteiger partial charge in [0.15, 0.2) is 0 Å². The van der Waals surface area contributed by atoms with Gasteiger partial charge in [0.25, 0.3) is 0 Å². The number of nitrogens with zero attached hydrogens (tertiary/aromatic N) is 1. The lowest BCUT2D eigenvalue weighted by atomic mass is 9.99. The highest BCUT2D eigenvalue weighted by atomic mass is 15.0. The Hall–Kier alpha value is -2.02. The normalized spacial score (nSPS) is 12.9. The Kier molecular flexibility index (Phi) is 3.52. The van der Waals surface area contributed by atoms with E-state index in [9.17, 15) is 0 Å². The van der Waals surface area contributed by atoms with Crippen LogP contribution in [0.1, 0.15) is 28.9 Å². The molecule has 0 aliphatic heterocycles. The maximum Gasteiger partial charge on any atom is 0.0494 e. The van der Waals surface area contributed by atoms with Crippen molar-refractivity contribution in [3.8, 4) is 0 Å². The smallest absolute Gasteiger partial charge is 0.0494 e. The van der Waals surface area contributed by atoms with E-state index < -0.39 is 0 Å². The summed E-state index contributed by atoms with van der Waals surface area (Å²) in [6.07, 6.45) is 13.0. The molecule has 1 aliphatic rings. The lowest BCUT2D eigenvalue weighted by Gasteiger charge is -2.13. The average Bonchev–Trinajstić information content (AvgIpc) is 2.71. The Balaban J connectivity index is 2.76. The number of aromatic nitrogens is 1. The van der Waals surface area contributed by atoms with Gasteiger partial charge in [0, 0.05) is 23.5 Å². The van der Waals surface area contributed by atoms with E-state index in [1.807, 2.05) is 12.2 Å². The van der Waals surface area contributed by atoms with Crippen LogP contribution in [0.5, 0.6) is 0 Å². The minimum absolute atomic E-state index is 0.815. The first kappa shape index (κ1) is 12.4. The van der Waals surface area contributed by atoms with Crippen molar-refractivity contribution in [1.29, 1.82) is 0 Å². The van der Waals surface area contributed by atoms with E-state index in [0.29, 0.717) is 0 Å². The van der Waals surface area contributed by atoms with Gasteiger partial charge in [-0.1, -0.05) is 38.0 Å². The van der Waals surface area contributed by atoms with Crippen LogP contribution >= 0.6 is 0 Å². The van der Waals surface area contributed by atoms with Crippen LogP contribution in [0.25, 0.3) is 17.8 Å². The van der Waals surface area contributed by atoms with Crippen molar-refractivity contribution in [2.24, 2.45) is 0 Å². The second-order valence-electron chi connectivity index (χ2n) is 4.39. The van der Waals surface area contributed by atoms with Gasteiger partial charge in [-0.25, -0.2) is 0 Å². The van der Waals surface area contributed by atoms with Crippen LogP contribution in [0.3, 0.4) is 0 Å². The van der Waals surface area contributed by atoms with Gasteiger partial charge in [-0.05, 0) is 36.1 Å². The van der Waals surface area contributed by atoms with Crippen LogP contribution in [0, 0.1) is 0 Å². The molecular formula is C17H19N. The molecule has 18 heavy (non-hydrogen) atoms. The highest BCUT2D eigenvalue weighted by Crippen LogP contribution is 2.32. The molecule has 0 N–H and O–H groups in total. The van der Waals surface area contributed by atoms with Crippen molar-refractivity contribution >= 4 is 17.8 Å². The number of allylic oxidation sites excluding steroid dienone is 4. The van der Waals surface area contributed by atoms with Crippen LogP contribution in [0.4, 0.5) is 0 Å². The van der Waals surface area contributed by atoms with Crippen LogP contribution < -0.4 is 0 Å². The molecule has 0 saturated heterocycles. The van der Waals surface area contributed by atoms with Gasteiger partial charge in [-0.2, -0.15) is 0 Å². The molecular weight excluding hydrogens is 218 g/mol. The van der Waals surface area contributed by atoms with Gasteiger partial charge in [0.2, 0.25) is 0 Å². The number of hydrogen-bond donors (Lipinski definition) is 0. The summed E-state index contributed by atoms with van der Waals surface area (Å²) in [5.41, 5.74) is 5.94. The first-order chi connectivity index (χ1) is 8.74. The molecule has 92 valence electrons. The fraction of sp³-hybridized carbons (Fsp3) is 0.176. The number of hydrogen-bond acceptors (Lipinski definition) is 0. The zero-order valence-electron chi connectivity index (χ0n) is 10.8. The van der Waals surface area contributed by atoms with E-state index in [0.717, 1.165) is 25.0 Å². The first-order valence-corrected chi connectivity index (χ1v) is 6.22. The van der Waals surface area contributed by atoms with E-state index in [2.05, 4.69) is 43.0 Å². The van der Waals surface area contributed by atoms with Crippen molar-refractivity contribution in [2.75, 3.05) is 0 Å². The summed E-state index contributed by atoms with van der Waals surface area (Å²) in [7, 11) is 0. The van der Waals surface area contributed by atoms with Crippen LogP contribution in [-0.2, 0) is 12.8 Å². The highest BCUT2D eigenvalue weighted by Gasteiger charge is 2.20. The highest BCUT2D eigenvalue weighted by molar-refractivity contribution is 5.73. The Labute approximate surface area is 109 Å². The number of rotatable bonds is 5. The Bertz CT molecular complexity index is 553. The molecule has 1 heterocycles. The molecule has 1 nitrogen and oxygen atoms in total. The predicted octanol–water partition coefficient (Wildman–Crippen LogP) is 4.48. The fourth-order valence-electron chi connectivity index (χ4n) is 2.57. The van der Waals surface area contributed by atoms with Crippen molar-refractivity contribution < 1.29 is 0 Å². The average molecular weight is 237 g/mol. The largest absolute Gasteiger partial charge is 0.314 e. The van der Waals surface area contributed by atoms with Gasteiger partial charge in [0.1, 0.15) is 0 Å². The van der Waals surface area contributed by atoms with Crippen LogP contribution in [-0.4, -0.2) is 4.57 Å². The molecule has 0 saturated carbocycles. The topological polar surface area (TPSA) is 4.93 Å². The van der Waals surface area contributed by atoms with Crippen molar-refractivity contribution in [3.63, 3.8) is 0 Å². The predicted molar refractivity (Wildman–Crippen MR) is 81.3 cm³/mol. The molecule has 0 atom stereocenters. The Morgan fingerprint density at radius 3 is 2.72 bits per heavy atom. The third kappa shape index (κ3) is 1.82. The van der Waals surface area contributed by atoms with E-state index in [1.165, 1.54) is 22.5 Å². The summed E-state index contributed by atoms with van der Waals surface area (Å²) >= 11 is 0. The van der Waals surface area contributed by atoms with E-state index >= 15 is 0 Å². The zero-order chi connectivity index (χ0) is 13.1. The minimum Gasteiger partial charge on any atom is -0.314 e. The second-order valence-corrected chi connectivity index (χ2v) is 4.39. The standard InChI is InChI=1S/C17H19N/c1-5-10-16-14(7-3)15-11-8-9-12-17(15)18(16)13(4)6-2/h5-7,9,12H,1-4,8,10-11H2. The first-order valence-electron chi connectivity index (χ1n) is 6.22. The molecule has 0 unspecified atom stereocenters. The van der Waals surface area contributed by atoms with Crippen molar-refractivity contribution in [2.45, 2.75) is 19.3 Å². The summed E-state index contributed by atoms with van der Waals surface area (Å²) in [6.45, 7) is 15.7. The molecule has 0 fully saturated rings. The summed E-state index contributed by atoms with van der Waals surface area (Å²) in [5.74, 6) is 0. The molecule has 0 radical (unpaired) electrons. The molecule has 1 aromatic heterocycles. The lowest BCUT2D eigenvalue weighted by Crippen LogP contribution is -2.03. The summed E-state index contributed by atoms with van der Waals surface area (Å²) < 4.78 is 2.18.